The van der Waals surface area contributed by atoms with E-state index in [9.17, 15) is 4.39 Å². The van der Waals surface area contributed by atoms with Gasteiger partial charge in [0.2, 0.25) is 0 Å². The van der Waals surface area contributed by atoms with E-state index in [0.29, 0.717) is 18.8 Å². The summed E-state index contributed by atoms with van der Waals surface area (Å²) in [5.41, 5.74) is 0.933. The summed E-state index contributed by atoms with van der Waals surface area (Å²) in [6, 6.07) is 1.59. The maximum absolute atomic E-state index is 13.4. The second kappa shape index (κ2) is 5.43. The van der Waals surface area contributed by atoms with Crippen LogP contribution in [0.1, 0.15) is 25.3 Å². The van der Waals surface area contributed by atoms with Crippen LogP contribution >= 0.6 is 0 Å². The molecule has 19 heavy (non-hydrogen) atoms. The van der Waals surface area contributed by atoms with Crippen LogP contribution in [0.15, 0.2) is 12.3 Å². The zero-order valence-electron chi connectivity index (χ0n) is 11.2. The molecule has 2 saturated heterocycles. The molecule has 2 aliphatic rings. The van der Waals surface area contributed by atoms with Crippen molar-refractivity contribution in [3.05, 3.63) is 23.6 Å². The van der Waals surface area contributed by atoms with E-state index in [-0.39, 0.29) is 5.82 Å². The minimum atomic E-state index is -0.270. The number of hydrogen-bond donors (Lipinski definition) is 1. The number of pyridine rings is 1. The minimum absolute atomic E-state index is 0.270. The zero-order valence-corrected chi connectivity index (χ0v) is 11.2. The predicted molar refractivity (Wildman–Crippen MR) is 71.7 cm³/mol. The van der Waals surface area contributed by atoms with Crippen molar-refractivity contribution in [2.24, 2.45) is 0 Å². The van der Waals surface area contributed by atoms with Gasteiger partial charge in [-0.2, -0.15) is 0 Å². The summed E-state index contributed by atoms with van der Waals surface area (Å²) in [6.07, 6.45) is 4.20. The third-order valence-corrected chi connectivity index (χ3v) is 3.82. The van der Waals surface area contributed by atoms with Gasteiger partial charge in [0.15, 0.2) is 0 Å². The third kappa shape index (κ3) is 2.72. The third-order valence-electron chi connectivity index (χ3n) is 3.82. The largest absolute Gasteiger partial charge is 0.371 e. The fourth-order valence-corrected chi connectivity index (χ4v) is 2.94. The molecule has 2 atom stereocenters. The lowest BCUT2D eigenvalue weighted by atomic mass is 10.2. The Morgan fingerprint density at radius 1 is 1.42 bits per heavy atom. The van der Waals surface area contributed by atoms with Crippen LogP contribution in [-0.2, 0) is 11.3 Å². The number of halogens is 1. The van der Waals surface area contributed by atoms with Gasteiger partial charge in [0, 0.05) is 25.2 Å². The molecule has 3 rings (SSSR count). The quantitative estimate of drug-likeness (QED) is 0.899. The van der Waals surface area contributed by atoms with E-state index in [1.54, 1.807) is 6.07 Å². The predicted octanol–water partition coefficient (Wildman–Crippen LogP) is 1.70. The maximum Gasteiger partial charge on any atom is 0.141 e. The molecule has 0 aromatic carbocycles. The number of fused-ring (bicyclic) bond motifs is 2. The van der Waals surface area contributed by atoms with Crippen LogP contribution in [0, 0.1) is 5.82 Å². The fraction of sp³-hybridized carbons (Fsp3) is 0.643. The lowest BCUT2D eigenvalue weighted by Gasteiger charge is -2.34. The second-order valence-corrected chi connectivity index (χ2v) is 5.28. The number of rotatable bonds is 4. The molecular formula is C14H20FN3O. The van der Waals surface area contributed by atoms with Gasteiger partial charge in [0.25, 0.3) is 0 Å². The second-order valence-electron chi connectivity index (χ2n) is 5.28. The number of anilines is 1. The van der Waals surface area contributed by atoms with E-state index < -0.39 is 0 Å². The lowest BCUT2D eigenvalue weighted by Crippen LogP contribution is -2.43. The van der Waals surface area contributed by atoms with Gasteiger partial charge < -0.3 is 15.0 Å². The van der Waals surface area contributed by atoms with Crippen LogP contribution in [0.5, 0.6) is 0 Å². The van der Waals surface area contributed by atoms with Crippen LogP contribution in [0.4, 0.5) is 10.2 Å². The first-order chi connectivity index (χ1) is 9.26. The molecule has 2 bridgehead atoms. The van der Waals surface area contributed by atoms with Crippen LogP contribution in [0.2, 0.25) is 0 Å². The molecule has 1 N–H and O–H groups in total. The molecule has 4 nitrogen and oxygen atoms in total. The van der Waals surface area contributed by atoms with Gasteiger partial charge in [0.05, 0.1) is 18.4 Å². The highest BCUT2D eigenvalue weighted by atomic mass is 19.1. The Morgan fingerprint density at radius 2 is 2.16 bits per heavy atom. The minimum Gasteiger partial charge on any atom is -0.371 e. The van der Waals surface area contributed by atoms with Crippen molar-refractivity contribution in [2.75, 3.05) is 24.5 Å². The van der Waals surface area contributed by atoms with Crippen molar-refractivity contribution in [1.29, 1.82) is 0 Å². The van der Waals surface area contributed by atoms with E-state index in [1.165, 1.54) is 6.20 Å². The van der Waals surface area contributed by atoms with E-state index in [1.807, 2.05) is 6.92 Å². The molecule has 104 valence electrons. The number of hydrogen-bond acceptors (Lipinski definition) is 4. The van der Waals surface area contributed by atoms with Gasteiger partial charge in [-0.1, -0.05) is 6.92 Å². The van der Waals surface area contributed by atoms with Crippen molar-refractivity contribution in [3.63, 3.8) is 0 Å². The van der Waals surface area contributed by atoms with E-state index in [4.69, 9.17) is 4.74 Å². The molecule has 0 amide bonds. The molecule has 0 radical (unpaired) electrons. The van der Waals surface area contributed by atoms with Gasteiger partial charge in [-0.05, 0) is 25.5 Å². The van der Waals surface area contributed by atoms with Gasteiger partial charge in [-0.3, -0.25) is 0 Å². The molecule has 2 fully saturated rings. The molecule has 5 heteroatoms. The summed E-state index contributed by atoms with van der Waals surface area (Å²) in [7, 11) is 0. The van der Waals surface area contributed by atoms with Crippen molar-refractivity contribution in [2.45, 2.75) is 38.5 Å². The monoisotopic (exact) mass is 265 g/mol. The highest BCUT2D eigenvalue weighted by Gasteiger charge is 2.34. The highest BCUT2D eigenvalue weighted by Crippen LogP contribution is 2.30. The van der Waals surface area contributed by atoms with E-state index in [0.717, 1.165) is 43.9 Å². The van der Waals surface area contributed by atoms with Crippen LogP contribution < -0.4 is 10.2 Å². The molecular weight excluding hydrogens is 245 g/mol. The van der Waals surface area contributed by atoms with Gasteiger partial charge >= 0.3 is 0 Å². The summed E-state index contributed by atoms with van der Waals surface area (Å²) in [5, 5.41) is 3.24. The van der Waals surface area contributed by atoms with Crippen LogP contribution in [-0.4, -0.2) is 36.8 Å². The molecule has 1 aromatic rings. The standard InChI is InChI=1S/C14H20FN3O/c1-2-16-6-10-5-11(15)7-17-14(10)18-8-12-3-4-13(9-18)19-12/h5,7,12-13,16H,2-4,6,8-9H2,1H3. The van der Waals surface area contributed by atoms with Crippen molar-refractivity contribution in [1.82, 2.24) is 10.3 Å². The molecule has 2 aliphatic heterocycles. The highest BCUT2D eigenvalue weighted by molar-refractivity contribution is 5.48. The number of nitrogens with one attached hydrogen (secondary N) is 1. The zero-order chi connectivity index (χ0) is 13.2. The Labute approximate surface area is 113 Å². The number of ether oxygens (including phenoxy) is 1. The van der Waals surface area contributed by atoms with Crippen molar-refractivity contribution < 1.29 is 9.13 Å². The summed E-state index contributed by atoms with van der Waals surface area (Å²) in [6.45, 7) is 5.30. The van der Waals surface area contributed by atoms with Gasteiger partial charge in [0.1, 0.15) is 11.6 Å². The van der Waals surface area contributed by atoms with Crippen LogP contribution in [0.25, 0.3) is 0 Å². The molecule has 0 spiro atoms. The van der Waals surface area contributed by atoms with Gasteiger partial charge in [-0.15, -0.1) is 0 Å². The first kappa shape index (κ1) is 12.8. The Kier molecular flexibility index (Phi) is 3.66. The summed E-state index contributed by atoms with van der Waals surface area (Å²) >= 11 is 0. The SMILES string of the molecule is CCNCc1cc(F)cnc1N1CC2CCC(C1)O2. The Balaban J connectivity index is 1.82. The number of morpholine rings is 1. The van der Waals surface area contributed by atoms with Crippen LogP contribution in [0.3, 0.4) is 0 Å². The fourth-order valence-electron chi connectivity index (χ4n) is 2.94. The molecule has 0 saturated carbocycles. The molecule has 3 heterocycles. The molecule has 0 aliphatic carbocycles. The Morgan fingerprint density at radius 3 is 2.84 bits per heavy atom. The van der Waals surface area contributed by atoms with Crippen molar-refractivity contribution >= 4 is 5.82 Å². The normalized spacial score (nSPS) is 25.9. The van der Waals surface area contributed by atoms with Gasteiger partial charge in [-0.25, -0.2) is 9.37 Å². The Hall–Kier alpha value is -1.20. The van der Waals surface area contributed by atoms with Crippen molar-refractivity contribution in [3.8, 4) is 0 Å². The first-order valence-electron chi connectivity index (χ1n) is 7.02. The maximum atomic E-state index is 13.4. The summed E-state index contributed by atoms with van der Waals surface area (Å²) < 4.78 is 19.2. The van der Waals surface area contributed by atoms with E-state index >= 15 is 0 Å². The Bertz CT molecular complexity index is 442. The average molecular weight is 265 g/mol. The first-order valence-corrected chi connectivity index (χ1v) is 7.02. The molecule has 1 aromatic heterocycles. The van der Waals surface area contributed by atoms with E-state index in [2.05, 4.69) is 15.2 Å². The summed E-state index contributed by atoms with van der Waals surface area (Å²) in [5.74, 6) is 0.635. The topological polar surface area (TPSA) is 37.4 Å². The smallest absolute Gasteiger partial charge is 0.141 e. The summed E-state index contributed by atoms with van der Waals surface area (Å²) in [4.78, 5) is 6.55. The molecule has 2 unspecified atom stereocenters. The average Bonchev–Trinajstić information content (AvgIpc) is 2.75. The lowest BCUT2D eigenvalue weighted by molar-refractivity contribution is 0.0301. The number of nitrogens with zero attached hydrogens (tertiary/aromatic N) is 2. The number of aromatic nitrogens is 1.